The van der Waals surface area contributed by atoms with E-state index >= 15 is 0 Å². The van der Waals surface area contributed by atoms with Crippen LogP contribution in [-0.2, 0) is 20.4 Å². The normalized spacial score (nSPS) is 27.5. The summed E-state index contributed by atoms with van der Waals surface area (Å²) in [5, 5.41) is 3.33. The highest BCUT2D eigenvalue weighted by molar-refractivity contribution is 5.94. The van der Waals surface area contributed by atoms with Crippen LogP contribution in [0.5, 0.6) is 0 Å². The van der Waals surface area contributed by atoms with E-state index in [1.807, 2.05) is 11.8 Å². The molecule has 2 aromatic rings. The molecule has 1 aromatic carbocycles. The second-order valence-corrected chi connectivity index (χ2v) is 12.0. The number of piperidine rings is 1. The van der Waals surface area contributed by atoms with Crippen LogP contribution in [0.25, 0.3) is 0 Å². The van der Waals surface area contributed by atoms with Gasteiger partial charge in [0.05, 0.1) is 37.1 Å². The van der Waals surface area contributed by atoms with Crippen LogP contribution < -0.4 is 5.32 Å². The van der Waals surface area contributed by atoms with Crippen LogP contribution in [0.4, 0.5) is 19.0 Å². The zero-order valence-electron chi connectivity index (χ0n) is 24.5. The zero-order valence-corrected chi connectivity index (χ0v) is 24.5. The number of carbonyl (C=O) groups excluding carboxylic acids is 1. The van der Waals surface area contributed by atoms with E-state index in [4.69, 9.17) is 14.2 Å². The number of nitrogens with one attached hydrogen (secondary N) is 1. The maximum Gasteiger partial charge on any atom is 0.416 e. The van der Waals surface area contributed by atoms with Crippen LogP contribution in [0.15, 0.2) is 30.6 Å². The predicted molar refractivity (Wildman–Crippen MR) is 153 cm³/mol. The topological polar surface area (TPSA) is 89.0 Å². The number of benzene rings is 1. The summed E-state index contributed by atoms with van der Waals surface area (Å²) in [5.74, 6) is 0.510. The summed E-state index contributed by atoms with van der Waals surface area (Å²) in [6, 6.07) is 6.05. The molecule has 1 unspecified atom stereocenters. The van der Waals surface area contributed by atoms with Gasteiger partial charge in [0.2, 0.25) is 0 Å². The Morgan fingerprint density at radius 3 is 2.58 bits per heavy atom. The molecule has 4 aliphatic heterocycles. The van der Waals surface area contributed by atoms with Crippen molar-refractivity contribution in [3.8, 4) is 0 Å². The Morgan fingerprint density at radius 2 is 1.81 bits per heavy atom. The standard InChI is InChI=1S/C31H40F3N5O4/c1-20-28(30(40)38-12-9-23(10-13-38)39-14-16-42-27-18-41-15-11-25(27)39)36-19-37-29(20)35-17-24-3-2-4-26(43-24)21-5-7-22(8-6-21)31(32,33)34/h5-8,19,23-27H,2-4,9-18H2,1H3,(H,35,36,37)/t24-,25?,26+,27-/m1/s1. The predicted octanol–water partition coefficient (Wildman–Crippen LogP) is 4.62. The van der Waals surface area contributed by atoms with Crippen LogP contribution in [0.3, 0.4) is 0 Å². The summed E-state index contributed by atoms with van der Waals surface area (Å²) in [7, 11) is 0. The number of alkyl halides is 3. The van der Waals surface area contributed by atoms with E-state index in [-0.39, 0.29) is 24.2 Å². The fraction of sp³-hybridized carbons (Fsp3) is 0.645. The molecular weight excluding hydrogens is 563 g/mol. The molecule has 4 aliphatic rings. The molecular formula is C31H40F3N5O4. The summed E-state index contributed by atoms with van der Waals surface area (Å²) in [5.41, 5.74) is 1.18. The number of aromatic nitrogens is 2. The minimum Gasteiger partial charge on any atom is -0.379 e. The van der Waals surface area contributed by atoms with Gasteiger partial charge in [-0.2, -0.15) is 13.2 Å². The molecule has 4 saturated heterocycles. The fourth-order valence-electron chi connectivity index (χ4n) is 6.95. The monoisotopic (exact) mass is 603 g/mol. The molecule has 0 aliphatic carbocycles. The zero-order chi connectivity index (χ0) is 30.0. The highest BCUT2D eigenvalue weighted by Crippen LogP contribution is 2.35. The number of anilines is 1. The molecule has 12 heteroatoms. The van der Waals surface area contributed by atoms with Gasteiger partial charge in [-0.1, -0.05) is 12.1 Å². The number of nitrogens with zero attached hydrogens (tertiary/aromatic N) is 4. The van der Waals surface area contributed by atoms with Crippen LogP contribution in [0.2, 0.25) is 0 Å². The smallest absolute Gasteiger partial charge is 0.379 e. The molecule has 234 valence electrons. The lowest BCUT2D eigenvalue weighted by atomic mass is 9.95. The quantitative estimate of drug-likeness (QED) is 0.512. The molecule has 43 heavy (non-hydrogen) atoms. The second-order valence-electron chi connectivity index (χ2n) is 12.0. The van der Waals surface area contributed by atoms with Crippen molar-refractivity contribution in [3.63, 3.8) is 0 Å². The first kappa shape index (κ1) is 30.2. The Bertz CT molecular complexity index is 1250. The summed E-state index contributed by atoms with van der Waals surface area (Å²) in [4.78, 5) is 26.8. The van der Waals surface area contributed by atoms with Crippen LogP contribution in [0.1, 0.15) is 71.8 Å². The van der Waals surface area contributed by atoms with E-state index < -0.39 is 11.7 Å². The van der Waals surface area contributed by atoms with E-state index in [2.05, 4.69) is 20.2 Å². The van der Waals surface area contributed by atoms with Gasteiger partial charge in [0, 0.05) is 50.4 Å². The third kappa shape index (κ3) is 6.82. The molecule has 0 saturated carbocycles. The summed E-state index contributed by atoms with van der Waals surface area (Å²) in [6.45, 7) is 6.78. The van der Waals surface area contributed by atoms with Gasteiger partial charge in [-0.3, -0.25) is 9.69 Å². The van der Waals surface area contributed by atoms with Crippen molar-refractivity contribution in [1.29, 1.82) is 0 Å². The molecule has 6 rings (SSSR count). The van der Waals surface area contributed by atoms with Gasteiger partial charge in [0.25, 0.3) is 5.91 Å². The van der Waals surface area contributed by atoms with Gasteiger partial charge in [0.15, 0.2) is 0 Å². The van der Waals surface area contributed by atoms with Gasteiger partial charge >= 0.3 is 6.18 Å². The van der Waals surface area contributed by atoms with Crippen molar-refractivity contribution >= 4 is 11.7 Å². The first-order chi connectivity index (χ1) is 20.8. The SMILES string of the molecule is Cc1c(NC[C@H]2CCC[C@@H](c3ccc(C(F)(F)F)cc3)O2)ncnc1C(=O)N1CCC(N2CCO[C@@H]3COCCC32)CC1. The second kappa shape index (κ2) is 13.1. The van der Waals surface area contributed by atoms with Crippen LogP contribution in [-0.4, -0.2) is 96.0 Å². The van der Waals surface area contributed by atoms with Crippen molar-refractivity contribution in [2.45, 2.75) is 82.0 Å². The Labute approximate surface area is 250 Å². The van der Waals surface area contributed by atoms with E-state index in [1.54, 1.807) is 0 Å². The first-order valence-electron chi connectivity index (χ1n) is 15.4. The molecule has 0 bridgehead atoms. The number of amides is 1. The lowest BCUT2D eigenvalue weighted by Crippen LogP contribution is -2.60. The highest BCUT2D eigenvalue weighted by Gasteiger charge is 2.40. The number of morpholine rings is 1. The van der Waals surface area contributed by atoms with Crippen molar-refractivity contribution in [1.82, 2.24) is 19.8 Å². The van der Waals surface area contributed by atoms with Crippen molar-refractivity contribution in [2.24, 2.45) is 0 Å². The number of rotatable bonds is 6. The Balaban J connectivity index is 1.03. The van der Waals surface area contributed by atoms with E-state index in [0.29, 0.717) is 55.4 Å². The number of carbonyl (C=O) groups is 1. The molecule has 0 radical (unpaired) electrons. The molecule has 1 N–H and O–H groups in total. The Kier molecular flexibility index (Phi) is 9.18. The van der Waals surface area contributed by atoms with Gasteiger partial charge in [-0.25, -0.2) is 9.97 Å². The summed E-state index contributed by atoms with van der Waals surface area (Å²) < 4.78 is 56.7. The lowest BCUT2D eigenvalue weighted by Gasteiger charge is -2.49. The van der Waals surface area contributed by atoms with Gasteiger partial charge in [-0.15, -0.1) is 0 Å². The third-order valence-corrected chi connectivity index (χ3v) is 9.34. The molecule has 0 spiro atoms. The van der Waals surface area contributed by atoms with Crippen LogP contribution in [0, 0.1) is 6.92 Å². The first-order valence-corrected chi connectivity index (χ1v) is 15.4. The van der Waals surface area contributed by atoms with Crippen molar-refractivity contribution in [2.75, 3.05) is 51.3 Å². The molecule has 5 heterocycles. The number of hydrogen-bond acceptors (Lipinski definition) is 8. The molecule has 9 nitrogen and oxygen atoms in total. The number of halogens is 3. The van der Waals surface area contributed by atoms with Crippen molar-refractivity contribution in [3.05, 3.63) is 53.0 Å². The van der Waals surface area contributed by atoms with Crippen LogP contribution >= 0.6 is 0 Å². The lowest BCUT2D eigenvalue weighted by molar-refractivity contribution is -0.148. The highest BCUT2D eigenvalue weighted by atomic mass is 19.4. The minimum atomic E-state index is -4.36. The summed E-state index contributed by atoms with van der Waals surface area (Å²) in [6.07, 6.45) is 2.12. The third-order valence-electron chi connectivity index (χ3n) is 9.34. The number of fused-ring (bicyclic) bond motifs is 1. The molecule has 4 fully saturated rings. The molecule has 1 amide bonds. The van der Waals surface area contributed by atoms with E-state index in [0.717, 1.165) is 76.0 Å². The molecule has 1 aromatic heterocycles. The minimum absolute atomic E-state index is 0.0800. The fourth-order valence-corrected chi connectivity index (χ4v) is 6.95. The average Bonchev–Trinajstić information content (AvgIpc) is 3.03. The molecule has 4 atom stereocenters. The maximum absolute atomic E-state index is 13.5. The van der Waals surface area contributed by atoms with E-state index in [9.17, 15) is 18.0 Å². The van der Waals surface area contributed by atoms with Gasteiger partial charge in [-0.05, 0) is 63.1 Å². The van der Waals surface area contributed by atoms with E-state index in [1.165, 1.54) is 18.5 Å². The Hall–Kier alpha value is -2.80. The number of likely N-dealkylation sites (tertiary alicyclic amines) is 1. The van der Waals surface area contributed by atoms with Gasteiger partial charge < -0.3 is 24.4 Å². The number of hydrogen-bond donors (Lipinski definition) is 1. The van der Waals surface area contributed by atoms with Gasteiger partial charge in [0.1, 0.15) is 17.8 Å². The maximum atomic E-state index is 13.5. The Morgan fingerprint density at radius 1 is 1.02 bits per heavy atom. The van der Waals surface area contributed by atoms with Crippen molar-refractivity contribution < 1.29 is 32.2 Å². The number of ether oxygens (including phenoxy) is 3. The summed E-state index contributed by atoms with van der Waals surface area (Å²) >= 11 is 0. The average molecular weight is 604 g/mol. The largest absolute Gasteiger partial charge is 0.416 e.